The molecule has 0 bridgehead atoms. The van der Waals surface area contributed by atoms with Gasteiger partial charge in [0.2, 0.25) is 0 Å². The van der Waals surface area contributed by atoms with Crippen molar-refractivity contribution >= 4 is 22.4 Å². The van der Waals surface area contributed by atoms with Gasteiger partial charge in [-0.25, -0.2) is 4.98 Å². The normalized spacial score (nSPS) is 10.3. The van der Waals surface area contributed by atoms with Crippen molar-refractivity contribution in [2.75, 3.05) is 12.4 Å². The fourth-order valence-corrected chi connectivity index (χ4v) is 2.76. The highest BCUT2D eigenvalue weighted by atomic mass is 32.1. The minimum absolute atomic E-state index is 0.0516. The number of nitrogens with one attached hydrogen (secondary N) is 1. The van der Waals surface area contributed by atoms with Crippen molar-refractivity contribution < 1.29 is 14.6 Å². The van der Waals surface area contributed by atoms with Gasteiger partial charge in [-0.05, 0) is 42.5 Å². The Balaban J connectivity index is 1.75. The van der Waals surface area contributed by atoms with Crippen molar-refractivity contribution in [3.63, 3.8) is 0 Å². The summed E-state index contributed by atoms with van der Waals surface area (Å²) in [4.78, 5) is 16.5. The van der Waals surface area contributed by atoms with Gasteiger partial charge in [-0.2, -0.15) is 0 Å². The Morgan fingerprint density at radius 1 is 1.22 bits per heavy atom. The molecule has 1 heterocycles. The Labute approximate surface area is 137 Å². The van der Waals surface area contributed by atoms with E-state index in [1.165, 1.54) is 23.5 Å². The summed E-state index contributed by atoms with van der Waals surface area (Å²) in [5, 5.41) is 14.5. The minimum atomic E-state index is -0.309. The van der Waals surface area contributed by atoms with E-state index in [2.05, 4.69) is 10.3 Å². The topological polar surface area (TPSA) is 71.5 Å². The Bertz CT molecular complexity index is 828. The van der Waals surface area contributed by atoms with Crippen LogP contribution in [0.25, 0.3) is 11.3 Å². The maximum atomic E-state index is 12.1. The quantitative estimate of drug-likeness (QED) is 0.765. The summed E-state index contributed by atoms with van der Waals surface area (Å²) >= 11 is 1.34. The van der Waals surface area contributed by atoms with Crippen LogP contribution < -0.4 is 10.1 Å². The molecular formula is C17H14N2O3S. The molecule has 0 unspecified atom stereocenters. The summed E-state index contributed by atoms with van der Waals surface area (Å²) in [6.45, 7) is 0. The number of methoxy groups -OCH3 is 1. The molecule has 0 saturated carbocycles. The number of anilines is 1. The number of rotatable bonds is 4. The van der Waals surface area contributed by atoms with Crippen molar-refractivity contribution in [2.45, 2.75) is 0 Å². The lowest BCUT2D eigenvalue weighted by atomic mass is 10.2. The SMILES string of the molecule is COc1ccc(-c2csc(NC(=O)c3cccc(O)c3)n2)cc1. The molecule has 1 aromatic heterocycles. The summed E-state index contributed by atoms with van der Waals surface area (Å²) < 4.78 is 5.13. The van der Waals surface area contributed by atoms with Crippen molar-refractivity contribution in [3.05, 3.63) is 59.5 Å². The number of carbonyl (C=O) groups is 1. The number of phenols is 1. The highest BCUT2D eigenvalue weighted by Crippen LogP contribution is 2.26. The number of hydrogen-bond donors (Lipinski definition) is 2. The largest absolute Gasteiger partial charge is 0.508 e. The number of thiazole rings is 1. The predicted molar refractivity (Wildman–Crippen MR) is 90.2 cm³/mol. The zero-order valence-electron chi connectivity index (χ0n) is 12.3. The van der Waals surface area contributed by atoms with E-state index in [1.54, 1.807) is 19.2 Å². The van der Waals surface area contributed by atoms with Crippen molar-refractivity contribution in [1.82, 2.24) is 4.98 Å². The Hall–Kier alpha value is -2.86. The summed E-state index contributed by atoms with van der Waals surface area (Å²) in [5.41, 5.74) is 2.11. The Morgan fingerprint density at radius 3 is 2.70 bits per heavy atom. The minimum Gasteiger partial charge on any atom is -0.508 e. The molecular weight excluding hydrogens is 312 g/mol. The number of hydrogen-bond acceptors (Lipinski definition) is 5. The van der Waals surface area contributed by atoms with Crippen LogP contribution in [0.1, 0.15) is 10.4 Å². The summed E-state index contributed by atoms with van der Waals surface area (Å²) in [5.74, 6) is 0.522. The number of carbonyl (C=O) groups excluding carboxylic acids is 1. The number of aromatic hydroxyl groups is 1. The third-order valence-corrected chi connectivity index (χ3v) is 3.98. The first-order valence-electron chi connectivity index (χ1n) is 6.86. The second kappa shape index (κ2) is 6.50. The van der Waals surface area contributed by atoms with E-state index in [1.807, 2.05) is 29.6 Å². The first-order valence-corrected chi connectivity index (χ1v) is 7.74. The molecule has 0 saturated heterocycles. The third kappa shape index (κ3) is 3.49. The molecule has 116 valence electrons. The molecule has 1 amide bonds. The predicted octanol–water partition coefficient (Wildman–Crippen LogP) is 3.78. The van der Waals surface area contributed by atoms with E-state index in [-0.39, 0.29) is 11.7 Å². The van der Waals surface area contributed by atoms with E-state index in [0.29, 0.717) is 10.7 Å². The molecule has 0 aliphatic heterocycles. The highest BCUT2D eigenvalue weighted by molar-refractivity contribution is 7.14. The summed E-state index contributed by atoms with van der Waals surface area (Å²) in [6, 6.07) is 13.7. The van der Waals surface area contributed by atoms with Crippen LogP contribution >= 0.6 is 11.3 Å². The van der Waals surface area contributed by atoms with Crippen molar-refractivity contribution in [3.8, 4) is 22.8 Å². The van der Waals surface area contributed by atoms with Crippen molar-refractivity contribution in [1.29, 1.82) is 0 Å². The van der Waals surface area contributed by atoms with Crippen LogP contribution in [0.2, 0.25) is 0 Å². The van der Waals surface area contributed by atoms with Gasteiger partial charge in [0, 0.05) is 16.5 Å². The van der Waals surface area contributed by atoms with Gasteiger partial charge >= 0.3 is 0 Å². The zero-order chi connectivity index (χ0) is 16.2. The molecule has 23 heavy (non-hydrogen) atoms. The van der Waals surface area contributed by atoms with E-state index in [0.717, 1.165) is 17.0 Å². The molecule has 3 aromatic rings. The van der Waals surface area contributed by atoms with Gasteiger partial charge in [-0.3, -0.25) is 10.1 Å². The molecule has 0 radical (unpaired) electrons. The van der Waals surface area contributed by atoms with Crippen LogP contribution in [0.3, 0.4) is 0 Å². The molecule has 0 spiro atoms. The number of aromatic nitrogens is 1. The average Bonchev–Trinajstić information content (AvgIpc) is 3.03. The lowest BCUT2D eigenvalue weighted by Gasteiger charge is -2.02. The summed E-state index contributed by atoms with van der Waals surface area (Å²) in [6.07, 6.45) is 0. The average molecular weight is 326 g/mol. The molecule has 0 fully saturated rings. The van der Waals surface area contributed by atoms with Crippen LogP contribution in [0.4, 0.5) is 5.13 Å². The molecule has 6 heteroatoms. The smallest absolute Gasteiger partial charge is 0.257 e. The van der Waals surface area contributed by atoms with Gasteiger partial charge in [-0.1, -0.05) is 6.07 Å². The second-order valence-electron chi connectivity index (χ2n) is 4.77. The Kier molecular flexibility index (Phi) is 4.25. The van der Waals surface area contributed by atoms with Gasteiger partial charge in [0.15, 0.2) is 5.13 Å². The van der Waals surface area contributed by atoms with Gasteiger partial charge in [0.25, 0.3) is 5.91 Å². The first kappa shape index (κ1) is 15.1. The van der Waals surface area contributed by atoms with E-state index < -0.39 is 0 Å². The van der Waals surface area contributed by atoms with E-state index in [9.17, 15) is 9.90 Å². The molecule has 0 atom stereocenters. The first-order chi connectivity index (χ1) is 11.2. The third-order valence-electron chi connectivity index (χ3n) is 3.22. The highest BCUT2D eigenvalue weighted by Gasteiger charge is 2.10. The maximum Gasteiger partial charge on any atom is 0.257 e. The monoisotopic (exact) mass is 326 g/mol. The van der Waals surface area contributed by atoms with Crippen LogP contribution in [0.5, 0.6) is 11.5 Å². The molecule has 2 N–H and O–H groups in total. The Morgan fingerprint density at radius 2 is 2.00 bits per heavy atom. The number of nitrogens with zero attached hydrogens (tertiary/aromatic N) is 1. The number of ether oxygens (including phenoxy) is 1. The molecule has 5 nitrogen and oxygen atoms in total. The van der Waals surface area contributed by atoms with Crippen LogP contribution in [0, 0.1) is 0 Å². The molecule has 0 aliphatic rings. The fraction of sp³-hybridized carbons (Fsp3) is 0.0588. The van der Waals surface area contributed by atoms with Crippen LogP contribution in [0.15, 0.2) is 53.9 Å². The fourth-order valence-electron chi connectivity index (χ4n) is 2.04. The van der Waals surface area contributed by atoms with Crippen LogP contribution in [-0.4, -0.2) is 23.1 Å². The molecule has 3 rings (SSSR count). The second-order valence-corrected chi connectivity index (χ2v) is 5.63. The number of amides is 1. The lowest BCUT2D eigenvalue weighted by Crippen LogP contribution is -2.11. The van der Waals surface area contributed by atoms with Crippen molar-refractivity contribution in [2.24, 2.45) is 0 Å². The number of benzene rings is 2. The van der Waals surface area contributed by atoms with Crippen LogP contribution in [-0.2, 0) is 0 Å². The molecule has 2 aromatic carbocycles. The van der Waals surface area contributed by atoms with E-state index >= 15 is 0 Å². The zero-order valence-corrected chi connectivity index (χ0v) is 13.1. The van der Waals surface area contributed by atoms with E-state index in [4.69, 9.17) is 4.74 Å². The number of phenolic OH excluding ortho intramolecular Hbond substituents is 1. The molecule has 0 aliphatic carbocycles. The maximum absolute atomic E-state index is 12.1. The van der Waals surface area contributed by atoms with Gasteiger partial charge in [0.1, 0.15) is 11.5 Å². The van der Waals surface area contributed by atoms with Gasteiger partial charge in [-0.15, -0.1) is 11.3 Å². The van der Waals surface area contributed by atoms with Gasteiger partial charge < -0.3 is 9.84 Å². The summed E-state index contributed by atoms with van der Waals surface area (Å²) in [7, 11) is 1.62. The lowest BCUT2D eigenvalue weighted by molar-refractivity contribution is 0.102. The van der Waals surface area contributed by atoms with Gasteiger partial charge in [0.05, 0.1) is 12.8 Å². The standard InChI is InChI=1S/C17H14N2O3S/c1-22-14-7-5-11(6-8-14)15-10-23-17(18-15)19-16(21)12-3-2-4-13(20)9-12/h2-10,20H,1H3,(H,18,19,21).